The van der Waals surface area contributed by atoms with Gasteiger partial charge in [-0.25, -0.2) is 8.42 Å². The van der Waals surface area contributed by atoms with Crippen LogP contribution in [-0.2, 0) is 9.84 Å². The summed E-state index contributed by atoms with van der Waals surface area (Å²) >= 11 is 5.93. The number of rotatable bonds is 5. The van der Waals surface area contributed by atoms with Crippen LogP contribution < -0.4 is 10.6 Å². The number of halogens is 1. The first-order chi connectivity index (χ1) is 8.73. The Morgan fingerprint density at radius 3 is 2.58 bits per heavy atom. The molecular weight excluding hydrogens is 288 g/mol. The van der Waals surface area contributed by atoms with Gasteiger partial charge >= 0.3 is 0 Å². The highest BCUT2D eigenvalue weighted by Gasteiger charge is 2.13. The van der Waals surface area contributed by atoms with Crippen LogP contribution in [0.5, 0.6) is 0 Å². The first-order valence-corrected chi connectivity index (χ1v) is 8.12. The SMILES string of the molecule is CNC(=O)c1cc(NC(C)CS(C)(=O)=O)ccc1Cl. The van der Waals surface area contributed by atoms with Gasteiger partial charge in [0.2, 0.25) is 0 Å². The number of benzene rings is 1. The molecule has 1 amide bonds. The van der Waals surface area contributed by atoms with E-state index >= 15 is 0 Å². The van der Waals surface area contributed by atoms with Gasteiger partial charge in [-0.15, -0.1) is 0 Å². The highest BCUT2D eigenvalue weighted by molar-refractivity contribution is 7.90. The quantitative estimate of drug-likeness (QED) is 0.865. The highest BCUT2D eigenvalue weighted by atomic mass is 35.5. The van der Waals surface area contributed by atoms with Crippen LogP contribution in [0.2, 0.25) is 5.02 Å². The Morgan fingerprint density at radius 1 is 1.42 bits per heavy atom. The van der Waals surface area contributed by atoms with Gasteiger partial charge in [0.05, 0.1) is 16.3 Å². The van der Waals surface area contributed by atoms with E-state index in [1.807, 2.05) is 0 Å². The number of amides is 1. The molecule has 0 spiro atoms. The summed E-state index contributed by atoms with van der Waals surface area (Å²) in [6.45, 7) is 1.76. The van der Waals surface area contributed by atoms with E-state index in [1.165, 1.54) is 13.3 Å². The molecule has 0 saturated carbocycles. The zero-order valence-electron chi connectivity index (χ0n) is 11.0. The third-order valence-corrected chi connectivity index (χ3v) is 3.84. The maximum Gasteiger partial charge on any atom is 0.252 e. The summed E-state index contributed by atoms with van der Waals surface area (Å²) in [5, 5.41) is 5.87. The average molecular weight is 305 g/mol. The van der Waals surface area contributed by atoms with Gasteiger partial charge in [-0.2, -0.15) is 0 Å². The molecule has 19 heavy (non-hydrogen) atoms. The topological polar surface area (TPSA) is 75.3 Å². The predicted molar refractivity (Wildman–Crippen MR) is 77.6 cm³/mol. The summed E-state index contributed by atoms with van der Waals surface area (Å²) in [7, 11) is -1.53. The summed E-state index contributed by atoms with van der Waals surface area (Å²) in [4.78, 5) is 11.6. The second kappa shape index (κ2) is 6.25. The van der Waals surface area contributed by atoms with Gasteiger partial charge in [0.15, 0.2) is 0 Å². The van der Waals surface area contributed by atoms with Gasteiger partial charge < -0.3 is 10.6 Å². The smallest absolute Gasteiger partial charge is 0.252 e. The van der Waals surface area contributed by atoms with Crippen LogP contribution in [0.25, 0.3) is 0 Å². The Hall–Kier alpha value is -1.27. The van der Waals surface area contributed by atoms with Crippen LogP contribution in [0.3, 0.4) is 0 Å². The number of nitrogens with one attached hydrogen (secondary N) is 2. The number of sulfone groups is 1. The lowest BCUT2D eigenvalue weighted by atomic mass is 10.1. The number of anilines is 1. The molecule has 0 bridgehead atoms. The van der Waals surface area contributed by atoms with Gasteiger partial charge in [0.1, 0.15) is 9.84 Å². The van der Waals surface area contributed by atoms with Crippen molar-refractivity contribution >= 4 is 33.0 Å². The molecule has 7 heteroatoms. The molecule has 0 aliphatic carbocycles. The Labute approximate surface area is 118 Å². The van der Waals surface area contributed by atoms with Gasteiger partial charge in [0, 0.05) is 25.0 Å². The van der Waals surface area contributed by atoms with Crippen LogP contribution in [0.1, 0.15) is 17.3 Å². The molecule has 0 aromatic heterocycles. The molecule has 1 unspecified atom stereocenters. The lowest BCUT2D eigenvalue weighted by Crippen LogP contribution is -2.25. The molecule has 0 radical (unpaired) electrons. The molecular formula is C12H17ClN2O3S. The molecule has 106 valence electrons. The van der Waals surface area contributed by atoms with Crippen LogP contribution >= 0.6 is 11.6 Å². The number of hydrogen-bond donors (Lipinski definition) is 2. The number of carbonyl (C=O) groups excluding carboxylic acids is 1. The van der Waals surface area contributed by atoms with Crippen molar-refractivity contribution in [3.8, 4) is 0 Å². The van der Waals surface area contributed by atoms with Crippen LogP contribution in [-0.4, -0.2) is 39.4 Å². The molecule has 1 rings (SSSR count). The Morgan fingerprint density at radius 2 is 2.05 bits per heavy atom. The Bertz CT molecular complexity index is 572. The van der Waals surface area contributed by atoms with Gasteiger partial charge in [-0.3, -0.25) is 4.79 Å². The van der Waals surface area contributed by atoms with Crippen LogP contribution in [0.15, 0.2) is 18.2 Å². The molecule has 0 saturated heterocycles. The van der Waals surface area contributed by atoms with Crippen molar-refractivity contribution in [2.75, 3.05) is 24.4 Å². The van der Waals surface area contributed by atoms with Crippen molar-refractivity contribution in [2.24, 2.45) is 0 Å². The maximum absolute atomic E-state index is 11.6. The minimum Gasteiger partial charge on any atom is -0.382 e. The Kier molecular flexibility index (Phi) is 5.20. The van der Waals surface area contributed by atoms with E-state index in [0.29, 0.717) is 16.3 Å². The average Bonchev–Trinajstić information content (AvgIpc) is 2.28. The zero-order valence-corrected chi connectivity index (χ0v) is 12.6. The van der Waals surface area contributed by atoms with E-state index in [9.17, 15) is 13.2 Å². The fraction of sp³-hybridized carbons (Fsp3) is 0.417. The maximum atomic E-state index is 11.6. The van der Waals surface area contributed by atoms with E-state index in [2.05, 4.69) is 10.6 Å². The molecule has 2 N–H and O–H groups in total. The van der Waals surface area contributed by atoms with E-state index in [1.54, 1.807) is 25.1 Å². The fourth-order valence-electron chi connectivity index (χ4n) is 1.70. The van der Waals surface area contributed by atoms with E-state index in [-0.39, 0.29) is 17.7 Å². The molecule has 1 aromatic carbocycles. The van der Waals surface area contributed by atoms with Crippen molar-refractivity contribution in [3.05, 3.63) is 28.8 Å². The molecule has 0 aliphatic rings. The molecule has 5 nitrogen and oxygen atoms in total. The zero-order chi connectivity index (χ0) is 14.6. The lowest BCUT2D eigenvalue weighted by Gasteiger charge is -2.15. The molecule has 1 atom stereocenters. The van der Waals surface area contributed by atoms with Crippen molar-refractivity contribution < 1.29 is 13.2 Å². The molecule has 0 fully saturated rings. The van der Waals surface area contributed by atoms with Crippen LogP contribution in [0, 0.1) is 0 Å². The van der Waals surface area contributed by atoms with Crippen molar-refractivity contribution in [1.29, 1.82) is 0 Å². The van der Waals surface area contributed by atoms with Crippen molar-refractivity contribution in [3.63, 3.8) is 0 Å². The van der Waals surface area contributed by atoms with Crippen LogP contribution in [0.4, 0.5) is 5.69 Å². The first kappa shape index (κ1) is 15.8. The monoisotopic (exact) mass is 304 g/mol. The van der Waals surface area contributed by atoms with E-state index in [0.717, 1.165) is 0 Å². The summed E-state index contributed by atoms with van der Waals surface area (Å²) in [5.41, 5.74) is 1.000. The predicted octanol–water partition coefficient (Wildman–Crippen LogP) is 1.54. The normalized spacial score (nSPS) is 12.8. The van der Waals surface area contributed by atoms with Gasteiger partial charge in [-0.1, -0.05) is 11.6 Å². The van der Waals surface area contributed by atoms with E-state index in [4.69, 9.17) is 11.6 Å². The summed E-state index contributed by atoms with van der Waals surface area (Å²) in [5.74, 6) is -0.269. The lowest BCUT2D eigenvalue weighted by molar-refractivity contribution is 0.0963. The number of carbonyl (C=O) groups is 1. The largest absolute Gasteiger partial charge is 0.382 e. The minimum atomic E-state index is -3.05. The fourth-order valence-corrected chi connectivity index (χ4v) is 2.90. The first-order valence-electron chi connectivity index (χ1n) is 5.69. The Balaban J connectivity index is 2.88. The molecule has 1 aromatic rings. The summed E-state index contributed by atoms with van der Waals surface area (Å²) in [6, 6.07) is 4.64. The standard InChI is InChI=1S/C12H17ClN2O3S/c1-8(7-19(3,17)18)15-9-4-5-11(13)10(6-9)12(16)14-2/h4-6,8,15H,7H2,1-3H3,(H,14,16). The summed E-state index contributed by atoms with van der Waals surface area (Å²) < 4.78 is 22.4. The second-order valence-electron chi connectivity index (χ2n) is 4.41. The van der Waals surface area contributed by atoms with E-state index < -0.39 is 9.84 Å². The van der Waals surface area contributed by atoms with Crippen molar-refractivity contribution in [1.82, 2.24) is 5.32 Å². The van der Waals surface area contributed by atoms with Gasteiger partial charge in [0.25, 0.3) is 5.91 Å². The third kappa shape index (κ3) is 5.08. The minimum absolute atomic E-state index is 0.0188. The molecule has 0 aliphatic heterocycles. The van der Waals surface area contributed by atoms with Gasteiger partial charge in [-0.05, 0) is 25.1 Å². The highest BCUT2D eigenvalue weighted by Crippen LogP contribution is 2.21. The second-order valence-corrected chi connectivity index (χ2v) is 7.00. The number of hydrogen-bond acceptors (Lipinski definition) is 4. The third-order valence-electron chi connectivity index (χ3n) is 2.40. The van der Waals surface area contributed by atoms with Crippen molar-refractivity contribution in [2.45, 2.75) is 13.0 Å². The summed E-state index contributed by atoms with van der Waals surface area (Å²) in [6.07, 6.45) is 1.18. The molecule has 0 heterocycles.